The first-order valence-electron chi connectivity index (χ1n) is 4.42. The second kappa shape index (κ2) is 4.92. The van der Waals surface area contributed by atoms with E-state index in [1.54, 1.807) is 18.3 Å². The maximum atomic E-state index is 10.4. The van der Waals surface area contributed by atoms with E-state index in [0.29, 0.717) is 0 Å². The largest absolute Gasteiger partial charge is 0.481 e. The van der Waals surface area contributed by atoms with Crippen LogP contribution in [0.3, 0.4) is 0 Å². The minimum absolute atomic E-state index is 0.127. The molecule has 2 aromatic rings. The van der Waals surface area contributed by atoms with E-state index in [1.165, 1.54) is 6.07 Å². The summed E-state index contributed by atoms with van der Waals surface area (Å²) in [6, 6.07) is 6.54. The van der Waals surface area contributed by atoms with Crippen molar-refractivity contribution in [3.8, 4) is 0 Å². The van der Waals surface area contributed by atoms with Crippen LogP contribution in [0.4, 0.5) is 5.69 Å². The Hall–Kier alpha value is -2.37. The average molecular weight is 222 g/mol. The molecule has 0 radical (unpaired) electrons. The van der Waals surface area contributed by atoms with E-state index in [1.807, 2.05) is 6.07 Å². The molecule has 0 atom stereocenters. The van der Waals surface area contributed by atoms with Gasteiger partial charge in [-0.1, -0.05) is 0 Å². The summed E-state index contributed by atoms with van der Waals surface area (Å²) in [5.41, 5.74) is 1.04. The van der Waals surface area contributed by atoms with Gasteiger partial charge in [0.1, 0.15) is 0 Å². The molecule has 1 heterocycles. The summed E-state index contributed by atoms with van der Waals surface area (Å²) in [4.78, 5) is 21.9. The molecule has 16 heavy (non-hydrogen) atoms. The molecule has 84 valence electrons. The Balaban J connectivity index is 0.000000280. The molecule has 0 aliphatic carbocycles. The van der Waals surface area contributed by atoms with Crippen LogP contribution < -0.4 is 0 Å². The molecule has 0 bridgehead atoms. The third-order valence-electron chi connectivity index (χ3n) is 1.75. The lowest BCUT2D eigenvalue weighted by atomic mass is 10.2. The molecular weight excluding hydrogens is 212 g/mol. The number of rotatable bonds is 1. The number of nitrogens with one attached hydrogen (secondary N) is 1. The van der Waals surface area contributed by atoms with Crippen molar-refractivity contribution in [2.24, 2.45) is 0 Å². The molecule has 0 aliphatic rings. The van der Waals surface area contributed by atoms with Gasteiger partial charge in [-0.2, -0.15) is 0 Å². The number of non-ortho nitro benzene ring substituents is 1. The number of nitro benzene ring substituents is 1. The molecule has 6 heteroatoms. The SMILES string of the molecule is CC(=O)O.O=[N+]([O-])c1ccc2[nH]ccc2c1. The number of carbonyl (C=O) groups is 1. The molecule has 0 spiro atoms. The van der Waals surface area contributed by atoms with Crippen molar-refractivity contribution in [3.05, 3.63) is 40.6 Å². The third kappa shape index (κ3) is 3.09. The summed E-state index contributed by atoms with van der Waals surface area (Å²) in [6.45, 7) is 1.08. The van der Waals surface area contributed by atoms with E-state index in [-0.39, 0.29) is 5.69 Å². The lowest BCUT2D eigenvalue weighted by Crippen LogP contribution is -1.86. The van der Waals surface area contributed by atoms with Crippen LogP contribution in [0.1, 0.15) is 6.92 Å². The van der Waals surface area contributed by atoms with Crippen LogP contribution in [0.15, 0.2) is 30.5 Å². The highest BCUT2D eigenvalue weighted by Crippen LogP contribution is 2.18. The van der Waals surface area contributed by atoms with Crippen molar-refractivity contribution in [1.82, 2.24) is 4.98 Å². The van der Waals surface area contributed by atoms with Crippen LogP contribution in [0.25, 0.3) is 10.9 Å². The van der Waals surface area contributed by atoms with Gasteiger partial charge >= 0.3 is 0 Å². The van der Waals surface area contributed by atoms with Crippen molar-refractivity contribution in [3.63, 3.8) is 0 Å². The Kier molecular flexibility index (Phi) is 3.60. The molecule has 0 saturated heterocycles. The van der Waals surface area contributed by atoms with E-state index in [4.69, 9.17) is 9.90 Å². The Morgan fingerprint density at radius 1 is 1.44 bits per heavy atom. The topological polar surface area (TPSA) is 96.2 Å². The van der Waals surface area contributed by atoms with Gasteiger partial charge in [0.05, 0.1) is 4.92 Å². The minimum Gasteiger partial charge on any atom is -0.481 e. The zero-order valence-electron chi connectivity index (χ0n) is 8.51. The molecular formula is C10H10N2O4. The van der Waals surface area contributed by atoms with Gasteiger partial charge < -0.3 is 10.1 Å². The van der Waals surface area contributed by atoms with Gasteiger partial charge in [-0.05, 0) is 12.1 Å². The number of carboxylic acids is 1. The van der Waals surface area contributed by atoms with E-state index < -0.39 is 10.9 Å². The Bertz CT molecular complexity index is 514. The summed E-state index contributed by atoms with van der Waals surface area (Å²) >= 11 is 0. The number of nitrogens with zero attached hydrogens (tertiary/aromatic N) is 1. The van der Waals surface area contributed by atoms with Crippen LogP contribution in [-0.2, 0) is 4.79 Å². The smallest absolute Gasteiger partial charge is 0.300 e. The number of H-pyrrole nitrogens is 1. The molecule has 1 aromatic heterocycles. The number of aliphatic carboxylic acids is 1. The summed E-state index contributed by atoms with van der Waals surface area (Å²) < 4.78 is 0. The summed E-state index contributed by atoms with van der Waals surface area (Å²) in [5.74, 6) is -0.833. The normalized spacial score (nSPS) is 9.31. The quantitative estimate of drug-likeness (QED) is 0.570. The number of aromatic nitrogens is 1. The molecule has 2 N–H and O–H groups in total. The van der Waals surface area contributed by atoms with Gasteiger partial charge in [0, 0.05) is 36.2 Å². The highest BCUT2D eigenvalue weighted by Gasteiger charge is 2.05. The van der Waals surface area contributed by atoms with Gasteiger partial charge in [-0.25, -0.2) is 0 Å². The maximum absolute atomic E-state index is 10.4. The molecule has 1 aromatic carbocycles. The number of fused-ring (bicyclic) bond motifs is 1. The van der Waals surface area contributed by atoms with Gasteiger partial charge in [0.2, 0.25) is 0 Å². The fourth-order valence-corrected chi connectivity index (χ4v) is 1.15. The van der Waals surface area contributed by atoms with Gasteiger partial charge in [0.15, 0.2) is 0 Å². The number of carboxylic acid groups (broad SMARTS) is 1. The first kappa shape index (κ1) is 11.7. The van der Waals surface area contributed by atoms with Crippen LogP contribution in [-0.4, -0.2) is 21.0 Å². The van der Waals surface area contributed by atoms with Crippen molar-refractivity contribution >= 4 is 22.6 Å². The summed E-state index contributed by atoms with van der Waals surface area (Å²) in [5, 5.41) is 18.6. The number of aromatic amines is 1. The number of hydrogen-bond donors (Lipinski definition) is 2. The molecule has 6 nitrogen and oxygen atoms in total. The van der Waals surface area contributed by atoms with E-state index in [9.17, 15) is 10.1 Å². The van der Waals surface area contributed by atoms with Gasteiger partial charge in [-0.3, -0.25) is 14.9 Å². The predicted octanol–water partition coefficient (Wildman–Crippen LogP) is 2.17. The molecule has 0 saturated carbocycles. The molecule has 2 rings (SSSR count). The van der Waals surface area contributed by atoms with Crippen LogP contribution in [0.2, 0.25) is 0 Å². The number of hydrogen-bond acceptors (Lipinski definition) is 3. The Morgan fingerprint density at radius 3 is 2.62 bits per heavy atom. The summed E-state index contributed by atoms with van der Waals surface area (Å²) in [6.07, 6.45) is 1.76. The van der Waals surface area contributed by atoms with Crippen LogP contribution >= 0.6 is 0 Å². The Labute approximate surface area is 90.7 Å². The fourth-order valence-electron chi connectivity index (χ4n) is 1.15. The van der Waals surface area contributed by atoms with Gasteiger partial charge in [0.25, 0.3) is 11.7 Å². The fraction of sp³-hybridized carbons (Fsp3) is 0.100. The van der Waals surface area contributed by atoms with Crippen LogP contribution in [0.5, 0.6) is 0 Å². The van der Waals surface area contributed by atoms with Crippen molar-refractivity contribution in [1.29, 1.82) is 0 Å². The second-order valence-corrected chi connectivity index (χ2v) is 3.03. The zero-order valence-corrected chi connectivity index (χ0v) is 8.51. The maximum Gasteiger partial charge on any atom is 0.300 e. The Morgan fingerprint density at radius 2 is 2.06 bits per heavy atom. The van der Waals surface area contributed by atoms with Crippen molar-refractivity contribution < 1.29 is 14.8 Å². The lowest BCUT2D eigenvalue weighted by Gasteiger charge is -1.90. The highest BCUT2D eigenvalue weighted by molar-refractivity contribution is 5.81. The number of benzene rings is 1. The van der Waals surface area contributed by atoms with Crippen molar-refractivity contribution in [2.45, 2.75) is 6.92 Å². The van der Waals surface area contributed by atoms with E-state index >= 15 is 0 Å². The highest BCUT2D eigenvalue weighted by atomic mass is 16.6. The first-order valence-corrected chi connectivity index (χ1v) is 4.42. The minimum atomic E-state index is -0.833. The molecule has 0 amide bonds. The van der Waals surface area contributed by atoms with Crippen LogP contribution in [0, 0.1) is 10.1 Å². The lowest BCUT2D eigenvalue weighted by molar-refractivity contribution is -0.384. The number of nitro groups is 1. The zero-order chi connectivity index (χ0) is 12.1. The van der Waals surface area contributed by atoms with E-state index in [2.05, 4.69) is 4.98 Å². The predicted molar refractivity (Wildman–Crippen MR) is 58.3 cm³/mol. The summed E-state index contributed by atoms with van der Waals surface area (Å²) in [7, 11) is 0. The average Bonchev–Trinajstić information content (AvgIpc) is 2.62. The molecule has 0 unspecified atom stereocenters. The van der Waals surface area contributed by atoms with Crippen molar-refractivity contribution in [2.75, 3.05) is 0 Å². The third-order valence-corrected chi connectivity index (χ3v) is 1.75. The van der Waals surface area contributed by atoms with E-state index in [0.717, 1.165) is 17.8 Å². The molecule has 0 aliphatic heterocycles. The molecule has 0 fully saturated rings. The van der Waals surface area contributed by atoms with Gasteiger partial charge in [-0.15, -0.1) is 0 Å². The second-order valence-electron chi connectivity index (χ2n) is 3.03. The standard InChI is InChI=1S/C8H6N2O2.C2H4O2/c11-10(12)7-1-2-8-6(5-7)3-4-9-8;1-2(3)4/h1-5,9H;1H3,(H,3,4). The monoisotopic (exact) mass is 222 g/mol. The first-order chi connectivity index (χ1) is 7.50.